The van der Waals surface area contributed by atoms with Crippen molar-refractivity contribution in [3.63, 3.8) is 0 Å². The van der Waals surface area contributed by atoms with Gasteiger partial charge in [-0.05, 0) is 19.4 Å². The van der Waals surface area contributed by atoms with Crippen LogP contribution in [0.5, 0.6) is 0 Å². The zero-order chi connectivity index (χ0) is 15.3. The molecule has 0 saturated carbocycles. The van der Waals surface area contributed by atoms with Crippen LogP contribution in [0, 0.1) is 23.0 Å². The maximum atomic E-state index is 11.8. The van der Waals surface area contributed by atoms with Crippen LogP contribution in [0.3, 0.4) is 0 Å². The van der Waals surface area contributed by atoms with E-state index in [1.807, 2.05) is 0 Å². The van der Waals surface area contributed by atoms with Crippen molar-refractivity contribution in [3.8, 4) is 0 Å². The van der Waals surface area contributed by atoms with Crippen molar-refractivity contribution in [3.05, 3.63) is 39.4 Å². The van der Waals surface area contributed by atoms with Gasteiger partial charge in [-0.3, -0.25) is 19.7 Å². The molecule has 0 fully saturated rings. The number of aryl methyl sites for hydroxylation is 1. The van der Waals surface area contributed by atoms with Crippen LogP contribution in [0.15, 0.2) is 18.2 Å². The van der Waals surface area contributed by atoms with Crippen molar-refractivity contribution >= 4 is 17.6 Å². The van der Waals surface area contributed by atoms with Crippen molar-refractivity contribution in [1.29, 1.82) is 0 Å². The highest BCUT2D eigenvalue weighted by Gasteiger charge is 2.18. The molecule has 2 N–H and O–H groups in total. The topological polar surface area (TPSA) is 110 Å². The van der Waals surface area contributed by atoms with Gasteiger partial charge in [0.05, 0.1) is 10.8 Å². The Kier molecular flexibility index (Phi) is 5.19. The minimum Gasteiger partial charge on any atom is -0.481 e. The van der Waals surface area contributed by atoms with Gasteiger partial charge in [0.2, 0.25) is 0 Å². The van der Waals surface area contributed by atoms with Gasteiger partial charge in [-0.2, -0.15) is 0 Å². The van der Waals surface area contributed by atoms with Gasteiger partial charge in [0.15, 0.2) is 0 Å². The molecule has 0 aliphatic heterocycles. The molecule has 0 bridgehead atoms. The Morgan fingerprint density at radius 1 is 1.45 bits per heavy atom. The Labute approximate surface area is 115 Å². The number of nitro groups is 1. The highest BCUT2D eigenvalue weighted by Crippen LogP contribution is 2.19. The van der Waals surface area contributed by atoms with Crippen molar-refractivity contribution < 1.29 is 19.6 Å². The lowest BCUT2D eigenvalue weighted by Gasteiger charge is -2.11. The fourth-order valence-corrected chi connectivity index (χ4v) is 1.67. The second-order valence-corrected chi connectivity index (χ2v) is 4.41. The predicted molar refractivity (Wildman–Crippen MR) is 71.6 cm³/mol. The smallest absolute Gasteiger partial charge is 0.308 e. The molecule has 7 heteroatoms. The Hall–Kier alpha value is -2.44. The van der Waals surface area contributed by atoms with E-state index in [1.165, 1.54) is 18.2 Å². The molecule has 20 heavy (non-hydrogen) atoms. The Morgan fingerprint density at radius 2 is 2.10 bits per heavy atom. The summed E-state index contributed by atoms with van der Waals surface area (Å²) in [6, 6.07) is 4.15. The zero-order valence-corrected chi connectivity index (χ0v) is 11.3. The standard InChI is InChI=1S/C13H16N2O5/c1-3-9(13(17)18)7-14-12(16)10-5-4-8(2)11(6-10)15(19)20/h4-6,9H,3,7H2,1-2H3,(H,14,16)(H,17,18). The van der Waals surface area contributed by atoms with Crippen LogP contribution in [0.4, 0.5) is 5.69 Å². The molecule has 0 radical (unpaired) electrons. The SMILES string of the molecule is CCC(CNC(=O)c1ccc(C)c([N+](=O)[O-])c1)C(=O)O. The van der Waals surface area contributed by atoms with Gasteiger partial charge in [-0.25, -0.2) is 0 Å². The molecule has 0 aliphatic rings. The summed E-state index contributed by atoms with van der Waals surface area (Å²) in [4.78, 5) is 32.9. The number of aliphatic carboxylic acids is 1. The summed E-state index contributed by atoms with van der Waals surface area (Å²) < 4.78 is 0. The van der Waals surface area contributed by atoms with Gasteiger partial charge in [-0.15, -0.1) is 0 Å². The molecule has 1 rings (SSSR count). The first-order valence-electron chi connectivity index (χ1n) is 6.12. The second kappa shape index (κ2) is 6.65. The highest BCUT2D eigenvalue weighted by molar-refractivity contribution is 5.95. The lowest BCUT2D eigenvalue weighted by molar-refractivity contribution is -0.385. The average molecular weight is 280 g/mol. The van der Waals surface area contributed by atoms with E-state index in [9.17, 15) is 19.7 Å². The summed E-state index contributed by atoms with van der Waals surface area (Å²) in [5.74, 6) is -2.17. The van der Waals surface area contributed by atoms with E-state index in [0.717, 1.165) is 0 Å². The third-order valence-electron chi connectivity index (χ3n) is 3.02. The third kappa shape index (κ3) is 3.78. The lowest BCUT2D eigenvalue weighted by atomic mass is 10.1. The molecular formula is C13H16N2O5. The van der Waals surface area contributed by atoms with E-state index in [2.05, 4.69) is 5.32 Å². The molecule has 0 heterocycles. The Morgan fingerprint density at radius 3 is 2.60 bits per heavy atom. The first-order valence-corrected chi connectivity index (χ1v) is 6.12. The number of rotatable bonds is 6. The van der Waals surface area contributed by atoms with Crippen molar-refractivity contribution in [1.82, 2.24) is 5.32 Å². The van der Waals surface area contributed by atoms with E-state index >= 15 is 0 Å². The molecule has 0 aliphatic carbocycles. The maximum absolute atomic E-state index is 11.8. The van der Waals surface area contributed by atoms with E-state index < -0.39 is 22.7 Å². The molecule has 7 nitrogen and oxygen atoms in total. The van der Waals surface area contributed by atoms with Crippen LogP contribution < -0.4 is 5.32 Å². The van der Waals surface area contributed by atoms with Crippen LogP contribution in [0.1, 0.15) is 29.3 Å². The normalized spacial score (nSPS) is 11.7. The number of benzene rings is 1. The fourth-order valence-electron chi connectivity index (χ4n) is 1.67. The number of amides is 1. The van der Waals surface area contributed by atoms with Crippen molar-refractivity contribution in [2.75, 3.05) is 6.54 Å². The van der Waals surface area contributed by atoms with Crippen LogP contribution in [-0.4, -0.2) is 28.5 Å². The van der Waals surface area contributed by atoms with Gasteiger partial charge in [0.25, 0.3) is 11.6 Å². The number of hydrogen-bond acceptors (Lipinski definition) is 4. The number of nitrogens with one attached hydrogen (secondary N) is 1. The largest absolute Gasteiger partial charge is 0.481 e. The number of nitrogens with zero attached hydrogens (tertiary/aromatic N) is 1. The molecule has 108 valence electrons. The number of carbonyl (C=O) groups excluding carboxylic acids is 1. The van der Waals surface area contributed by atoms with Gasteiger partial charge in [0.1, 0.15) is 0 Å². The fraction of sp³-hybridized carbons (Fsp3) is 0.385. The van der Waals surface area contributed by atoms with Crippen molar-refractivity contribution in [2.24, 2.45) is 5.92 Å². The second-order valence-electron chi connectivity index (χ2n) is 4.41. The quantitative estimate of drug-likeness (QED) is 0.609. The molecule has 0 spiro atoms. The van der Waals surface area contributed by atoms with E-state index in [4.69, 9.17) is 5.11 Å². The first-order chi connectivity index (χ1) is 9.36. The Balaban J connectivity index is 2.80. The van der Waals surface area contributed by atoms with E-state index in [0.29, 0.717) is 12.0 Å². The number of carboxylic acid groups (broad SMARTS) is 1. The van der Waals surface area contributed by atoms with Gasteiger partial charge in [-0.1, -0.05) is 13.0 Å². The predicted octanol–water partition coefficient (Wildman–Crippen LogP) is 1.74. The molecule has 1 atom stereocenters. The van der Waals surface area contributed by atoms with E-state index in [-0.39, 0.29) is 17.8 Å². The monoisotopic (exact) mass is 280 g/mol. The summed E-state index contributed by atoms with van der Waals surface area (Å²) in [5, 5.41) is 22.1. The highest BCUT2D eigenvalue weighted by atomic mass is 16.6. The number of carbonyl (C=O) groups is 2. The van der Waals surface area contributed by atoms with Crippen LogP contribution in [0.25, 0.3) is 0 Å². The summed E-state index contributed by atoms with van der Waals surface area (Å²) in [6.45, 7) is 3.28. The Bertz CT molecular complexity index is 542. The van der Waals surface area contributed by atoms with E-state index in [1.54, 1.807) is 13.8 Å². The number of carboxylic acids is 1. The summed E-state index contributed by atoms with van der Waals surface area (Å²) in [6.07, 6.45) is 0.393. The number of hydrogen-bond donors (Lipinski definition) is 2. The average Bonchev–Trinajstić information content (AvgIpc) is 2.38. The molecule has 0 saturated heterocycles. The summed E-state index contributed by atoms with van der Waals surface area (Å²) in [7, 11) is 0. The van der Waals surface area contributed by atoms with Gasteiger partial charge in [0, 0.05) is 23.7 Å². The first kappa shape index (κ1) is 15.6. The molecular weight excluding hydrogens is 264 g/mol. The zero-order valence-electron chi connectivity index (χ0n) is 11.3. The van der Waals surface area contributed by atoms with Crippen LogP contribution in [-0.2, 0) is 4.79 Å². The lowest BCUT2D eigenvalue weighted by Crippen LogP contribution is -2.32. The maximum Gasteiger partial charge on any atom is 0.308 e. The molecule has 1 amide bonds. The third-order valence-corrected chi connectivity index (χ3v) is 3.02. The summed E-state index contributed by atoms with van der Waals surface area (Å²) in [5.41, 5.74) is 0.467. The van der Waals surface area contributed by atoms with Gasteiger partial charge >= 0.3 is 5.97 Å². The van der Waals surface area contributed by atoms with Crippen molar-refractivity contribution in [2.45, 2.75) is 20.3 Å². The van der Waals surface area contributed by atoms with Crippen LogP contribution >= 0.6 is 0 Å². The van der Waals surface area contributed by atoms with Crippen LogP contribution in [0.2, 0.25) is 0 Å². The number of nitro benzene ring substituents is 1. The minimum atomic E-state index is -0.984. The molecule has 1 aromatic carbocycles. The summed E-state index contributed by atoms with van der Waals surface area (Å²) >= 11 is 0. The van der Waals surface area contributed by atoms with Gasteiger partial charge < -0.3 is 10.4 Å². The molecule has 1 unspecified atom stereocenters. The molecule has 0 aromatic heterocycles. The molecule has 1 aromatic rings. The minimum absolute atomic E-state index is 0.00760.